The molecule has 1 aromatic rings. The Kier molecular flexibility index (Phi) is 4.85. The first-order valence-corrected chi connectivity index (χ1v) is 9.78. The maximum absolute atomic E-state index is 13.6. The van der Waals surface area contributed by atoms with Crippen molar-refractivity contribution in [3.05, 3.63) is 23.9 Å². The van der Waals surface area contributed by atoms with Crippen LogP contribution in [-0.4, -0.2) is 53.6 Å². The van der Waals surface area contributed by atoms with Gasteiger partial charge in [-0.1, -0.05) is 6.07 Å². The molecule has 3 aliphatic rings. The minimum Gasteiger partial charge on any atom is -0.356 e. The number of rotatable bonds is 2. The van der Waals surface area contributed by atoms with Crippen molar-refractivity contribution in [1.82, 2.24) is 15.2 Å². The molecule has 4 atom stereocenters. The van der Waals surface area contributed by atoms with E-state index >= 15 is 0 Å². The minimum absolute atomic E-state index is 0.0636. The van der Waals surface area contributed by atoms with Crippen molar-refractivity contribution < 1.29 is 26.7 Å². The summed E-state index contributed by atoms with van der Waals surface area (Å²) in [6.07, 6.45) is -3.27. The molecule has 3 heterocycles. The van der Waals surface area contributed by atoms with E-state index in [1.807, 2.05) is 4.90 Å². The molecule has 1 aliphatic carbocycles. The fraction of sp³-hybridized carbons (Fsp3) is 0.684. The molecule has 4 rings (SSSR count). The summed E-state index contributed by atoms with van der Waals surface area (Å²) in [7, 11) is 0. The summed E-state index contributed by atoms with van der Waals surface area (Å²) in [5.74, 6) is -2.30. The van der Waals surface area contributed by atoms with Gasteiger partial charge in [-0.3, -0.25) is 0 Å². The summed E-state index contributed by atoms with van der Waals surface area (Å²) >= 11 is 0. The van der Waals surface area contributed by atoms with E-state index in [2.05, 4.69) is 10.3 Å². The molecule has 2 amide bonds. The Morgan fingerprint density at radius 1 is 1.24 bits per heavy atom. The summed E-state index contributed by atoms with van der Waals surface area (Å²) in [6.45, 7) is 2.08. The molecular weight excluding hydrogens is 395 g/mol. The summed E-state index contributed by atoms with van der Waals surface area (Å²) in [5, 5.41) is 2.89. The van der Waals surface area contributed by atoms with Crippen molar-refractivity contribution in [2.45, 2.75) is 50.4 Å². The second-order valence-corrected chi connectivity index (χ2v) is 8.38. The molecule has 1 N–H and O–H groups in total. The number of urea groups is 1. The van der Waals surface area contributed by atoms with Gasteiger partial charge in [-0.25, -0.2) is 18.6 Å². The number of likely N-dealkylation sites (tertiary alicyclic amines) is 1. The molecule has 10 heteroatoms. The summed E-state index contributed by atoms with van der Waals surface area (Å²) in [6, 6.07) is 2.64. The van der Waals surface area contributed by atoms with Crippen LogP contribution in [-0.2, 0) is 6.18 Å². The Morgan fingerprint density at radius 2 is 2.00 bits per heavy atom. The van der Waals surface area contributed by atoms with Crippen LogP contribution >= 0.6 is 0 Å². The first-order valence-electron chi connectivity index (χ1n) is 9.78. The predicted octanol–water partition coefficient (Wildman–Crippen LogP) is 3.75. The van der Waals surface area contributed by atoms with E-state index in [1.165, 1.54) is 11.0 Å². The number of pyridine rings is 1. The molecule has 3 fully saturated rings. The SMILES string of the molecule is C[C@@H]1CC(F)(F)CN1C(=O)N[C@H]1CC[C@@H]2CN(c3cccc(C(F)(F)F)n3)C[C@@H]21. The summed E-state index contributed by atoms with van der Waals surface area (Å²) in [4.78, 5) is 19.3. The van der Waals surface area contributed by atoms with E-state index in [1.54, 1.807) is 13.0 Å². The fourth-order valence-corrected chi connectivity index (χ4v) is 4.91. The maximum atomic E-state index is 13.6. The second kappa shape index (κ2) is 6.98. The van der Waals surface area contributed by atoms with E-state index in [9.17, 15) is 26.7 Å². The number of hydrogen-bond donors (Lipinski definition) is 1. The third kappa shape index (κ3) is 3.98. The number of anilines is 1. The third-order valence-electron chi connectivity index (χ3n) is 6.30. The van der Waals surface area contributed by atoms with Crippen molar-refractivity contribution in [2.24, 2.45) is 11.8 Å². The highest BCUT2D eigenvalue weighted by atomic mass is 19.4. The zero-order chi connectivity index (χ0) is 21.0. The zero-order valence-corrected chi connectivity index (χ0v) is 15.9. The number of nitrogens with zero attached hydrogens (tertiary/aromatic N) is 3. The van der Waals surface area contributed by atoms with Crippen molar-refractivity contribution in [3.63, 3.8) is 0 Å². The normalized spacial score (nSPS) is 31.2. The Balaban J connectivity index is 1.41. The number of hydrogen-bond acceptors (Lipinski definition) is 3. The standard InChI is InChI=1S/C19H23F5N4O/c1-11-7-18(20,21)10-28(11)17(29)25-14-6-5-12-8-27(9-13(12)14)16-4-2-3-15(26-16)19(22,23)24/h2-4,11-14H,5-10H2,1H3,(H,25,29)/t11-,12-,13+,14+/m1/s1. The molecule has 0 unspecified atom stereocenters. The van der Waals surface area contributed by atoms with Crippen LogP contribution in [0, 0.1) is 11.8 Å². The monoisotopic (exact) mass is 418 g/mol. The van der Waals surface area contributed by atoms with Gasteiger partial charge >= 0.3 is 12.2 Å². The lowest BCUT2D eigenvalue weighted by Crippen LogP contribution is -2.48. The van der Waals surface area contributed by atoms with Crippen molar-refractivity contribution in [3.8, 4) is 0 Å². The molecule has 1 aromatic heterocycles. The van der Waals surface area contributed by atoms with Crippen LogP contribution in [0.3, 0.4) is 0 Å². The van der Waals surface area contributed by atoms with Crippen LogP contribution in [0.15, 0.2) is 18.2 Å². The van der Waals surface area contributed by atoms with Crippen LogP contribution in [0.25, 0.3) is 0 Å². The van der Waals surface area contributed by atoms with Gasteiger partial charge in [-0.05, 0) is 37.8 Å². The molecule has 0 spiro atoms. The molecule has 160 valence electrons. The van der Waals surface area contributed by atoms with Gasteiger partial charge in [-0.2, -0.15) is 13.2 Å². The van der Waals surface area contributed by atoms with Crippen LogP contribution in [0.1, 0.15) is 31.9 Å². The van der Waals surface area contributed by atoms with E-state index in [4.69, 9.17) is 0 Å². The zero-order valence-electron chi connectivity index (χ0n) is 15.9. The Hall–Kier alpha value is -2.13. The number of aromatic nitrogens is 1. The van der Waals surface area contributed by atoms with Gasteiger partial charge in [-0.15, -0.1) is 0 Å². The molecule has 5 nitrogen and oxygen atoms in total. The van der Waals surface area contributed by atoms with Crippen LogP contribution in [0.4, 0.5) is 32.6 Å². The van der Waals surface area contributed by atoms with Gasteiger partial charge < -0.3 is 15.1 Å². The van der Waals surface area contributed by atoms with E-state index in [0.717, 1.165) is 18.9 Å². The van der Waals surface area contributed by atoms with Gasteiger partial charge in [0.1, 0.15) is 11.5 Å². The van der Waals surface area contributed by atoms with E-state index in [-0.39, 0.29) is 30.1 Å². The molecule has 29 heavy (non-hydrogen) atoms. The number of amides is 2. The summed E-state index contributed by atoms with van der Waals surface area (Å²) < 4.78 is 66.0. The smallest absolute Gasteiger partial charge is 0.356 e. The van der Waals surface area contributed by atoms with Crippen molar-refractivity contribution >= 4 is 11.8 Å². The fourth-order valence-electron chi connectivity index (χ4n) is 4.91. The highest BCUT2D eigenvalue weighted by molar-refractivity contribution is 5.75. The largest absolute Gasteiger partial charge is 0.433 e. The highest BCUT2D eigenvalue weighted by Gasteiger charge is 2.48. The van der Waals surface area contributed by atoms with Gasteiger partial charge in [0, 0.05) is 37.5 Å². The average molecular weight is 418 g/mol. The number of alkyl halides is 5. The lowest BCUT2D eigenvalue weighted by molar-refractivity contribution is -0.141. The van der Waals surface area contributed by atoms with Gasteiger partial charge in [0.05, 0.1) is 6.54 Å². The Labute approximate surface area is 165 Å². The third-order valence-corrected chi connectivity index (χ3v) is 6.30. The Bertz CT molecular complexity index is 786. The number of fused-ring (bicyclic) bond motifs is 1. The van der Waals surface area contributed by atoms with E-state index < -0.39 is 36.4 Å². The Morgan fingerprint density at radius 3 is 2.66 bits per heavy atom. The van der Waals surface area contributed by atoms with Crippen molar-refractivity contribution in [1.29, 1.82) is 0 Å². The minimum atomic E-state index is -4.50. The first kappa shape index (κ1) is 20.2. The molecule has 0 radical (unpaired) electrons. The highest BCUT2D eigenvalue weighted by Crippen LogP contribution is 2.40. The topological polar surface area (TPSA) is 48.5 Å². The lowest BCUT2D eigenvalue weighted by Gasteiger charge is -2.27. The predicted molar refractivity (Wildman–Crippen MR) is 95.7 cm³/mol. The summed E-state index contributed by atoms with van der Waals surface area (Å²) in [5.41, 5.74) is -0.930. The number of halogens is 5. The molecular formula is C19H23F5N4O. The molecule has 0 bridgehead atoms. The van der Waals surface area contributed by atoms with Gasteiger partial charge in [0.15, 0.2) is 0 Å². The number of carbonyl (C=O) groups is 1. The van der Waals surface area contributed by atoms with Crippen molar-refractivity contribution in [2.75, 3.05) is 24.5 Å². The second-order valence-electron chi connectivity index (χ2n) is 8.38. The first-order chi connectivity index (χ1) is 13.5. The van der Waals surface area contributed by atoms with E-state index in [0.29, 0.717) is 13.1 Å². The van der Waals surface area contributed by atoms with Crippen LogP contribution in [0.5, 0.6) is 0 Å². The number of carbonyl (C=O) groups excluding carboxylic acids is 1. The molecule has 2 saturated heterocycles. The van der Waals surface area contributed by atoms with Gasteiger partial charge in [0.2, 0.25) is 0 Å². The van der Waals surface area contributed by atoms with Gasteiger partial charge in [0.25, 0.3) is 5.92 Å². The quantitative estimate of drug-likeness (QED) is 0.745. The van der Waals surface area contributed by atoms with Crippen LogP contribution < -0.4 is 10.2 Å². The average Bonchev–Trinajstić information content (AvgIpc) is 3.28. The maximum Gasteiger partial charge on any atom is 0.433 e. The van der Waals surface area contributed by atoms with Crippen LogP contribution in [0.2, 0.25) is 0 Å². The molecule has 1 saturated carbocycles. The lowest BCUT2D eigenvalue weighted by atomic mass is 9.98. The molecule has 2 aliphatic heterocycles. The molecule has 0 aromatic carbocycles. The number of nitrogens with one attached hydrogen (secondary N) is 1.